The lowest BCUT2D eigenvalue weighted by molar-refractivity contribution is -0.161. The molecule has 2 heteroatoms. The van der Waals surface area contributed by atoms with Gasteiger partial charge in [0.15, 0.2) is 0 Å². The van der Waals surface area contributed by atoms with E-state index in [9.17, 15) is 4.79 Å². The van der Waals surface area contributed by atoms with Crippen LogP contribution in [-0.4, -0.2) is 5.97 Å². The first kappa shape index (κ1) is 20.0. The molecule has 0 radical (unpaired) electrons. The van der Waals surface area contributed by atoms with Crippen LogP contribution in [0, 0.1) is 5.92 Å². The van der Waals surface area contributed by atoms with E-state index in [2.05, 4.69) is 38.1 Å². The van der Waals surface area contributed by atoms with Gasteiger partial charge in [0.1, 0.15) is 6.10 Å². The highest BCUT2D eigenvalue weighted by molar-refractivity contribution is 5.73. The van der Waals surface area contributed by atoms with Crippen molar-refractivity contribution >= 4 is 5.97 Å². The molecule has 0 aliphatic carbocycles. The number of carbonyl (C=O) groups excluding carboxylic acids is 1. The van der Waals surface area contributed by atoms with Gasteiger partial charge in [0, 0.05) is 0 Å². The molecule has 0 N–H and O–H groups in total. The predicted molar refractivity (Wildman–Crippen MR) is 105 cm³/mol. The van der Waals surface area contributed by atoms with Gasteiger partial charge in [0.05, 0.1) is 5.92 Å². The number of rotatable bonds is 11. The third-order valence-electron chi connectivity index (χ3n) is 5.45. The molecule has 140 valence electrons. The zero-order valence-electron chi connectivity index (χ0n) is 16.3. The molecule has 1 aromatic carbocycles. The molecule has 2 nitrogen and oxygen atoms in total. The minimum Gasteiger partial charge on any atom is -0.457 e. The molecular weight excluding hydrogens is 308 g/mol. The summed E-state index contributed by atoms with van der Waals surface area (Å²) in [4.78, 5) is 12.2. The third kappa shape index (κ3) is 6.84. The molecule has 2 rings (SSSR count). The molecule has 1 fully saturated rings. The van der Waals surface area contributed by atoms with E-state index in [1.54, 1.807) is 0 Å². The van der Waals surface area contributed by atoms with E-state index < -0.39 is 0 Å². The van der Waals surface area contributed by atoms with Crippen LogP contribution in [0.25, 0.3) is 0 Å². The fourth-order valence-electron chi connectivity index (χ4n) is 3.74. The maximum absolute atomic E-state index is 12.2. The molecule has 2 unspecified atom stereocenters. The Balaban J connectivity index is 1.76. The molecule has 1 heterocycles. The summed E-state index contributed by atoms with van der Waals surface area (Å²) in [6, 6.07) is 8.76. The number of hydrogen-bond donors (Lipinski definition) is 0. The first-order valence-corrected chi connectivity index (χ1v) is 10.5. The largest absolute Gasteiger partial charge is 0.457 e. The molecule has 1 aliphatic heterocycles. The Morgan fingerprint density at radius 2 is 1.56 bits per heavy atom. The van der Waals surface area contributed by atoms with Crippen molar-refractivity contribution in [1.82, 2.24) is 0 Å². The maximum atomic E-state index is 12.2. The Morgan fingerprint density at radius 1 is 0.880 bits per heavy atom. The number of benzene rings is 1. The molecule has 1 saturated heterocycles. The van der Waals surface area contributed by atoms with Crippen LogP contribution < -0.4 is 0 Å². The van der Waals surface area contributed by atoms with Gasteiger partial charge in [-0.25, -0.2) is 0 Å². The molecule has 0 spiro atoms. The first-order valence-electron chi connectivity index (χ1n) is 10.5. The van der Waals surface area contributed by atoms with Gasteiger partial charge in [-0.2, -0.15) is 0 Å². The average Bonchev–Trinajstić information content (AvgIpc) is 2.63. The molecule has 2 atom stereocenters. The van der Waals surface area contributed by atoms with Crippen molar-refractivity contribution in [1.29, 1.82) is 0 Å². The Kier molecular flexibility index (Phi) is 9.07. The summed E-state index contributed by atoms with van der Waals surface area (Å²) < 4.78 is 5.74. The van der Waals surface area contributed by atoms with E-state index in [1.807, 2.05) is 0 Å². The van der Waals surface area contributed by atoms with E-state index in [0.717, 1.165) is 37.7 Å². The molecule has 1 aliphatic rings. The lowest BCUT2D eigenvalue weighted by Gasteiger charge is -2.28. The summed E-state index contributed by atoms with van der Waals surface area (Å²) in [5.41, 5.74) is 2.56. The van der Waals surface area contributed by atoms with Gasteiger partial charge in [-0.05, 0) is 43.2 Å². The highest BCUT2D eigenvalue weighted by Crippen LogP contribution is 2.33. The average molecular weight is 345 g/mol. The number of esters is 1. The first-order chi connectivity index (χ1) is 12.2. The van der Waals surface area contributed by atoms with Crippen molar-refractivity contribution < 1.29 is 9.53 Å². The van der Waals surface area contributed by atoms with Crippen LogP contribution >= 0.6 is 0 Å². The maximum Gasteiger partial charge on any atom is 0.309 e. The second-order valence-corrected chi connectivity index (χ2v) is 7.60. The van der Waals surface area contributed by atoms with E-state index >= 15 is 0 Å². The second-order valence-electron chi connectivity index (χ2n) is 7.60. The number of hydrogen-bond acceptors (Lipinski definition) is 2. The molecule has 0 saturated carbocycles. The monoisotopic (exact) mass is 344 g/mol. The Morgan fingerprint density at radius 3 is 2.24 bits per heavy atom. The van der Waals surface area contributed by atoms with Crippen molar-refractivity contribution in [2.75, 3.05) is 0 Å². The van der Waals surface area contributed by atoms with Crippen LogP contribution in [0.2, 0.25) is 0 Å². The Bertz CT molecular complexity index is 491. The highest BCUT2D eigenvalue weighted by Gasteiger charge is 2.30. The van der Waals surface area contributed by atoms with Crippen molar-refractivity contribution in [3.8, 4) is 0 Å². The summed E-state index contributed by atoms with van der Waals surface area (Å²) >= 11 is 0. The fourth-order valence-corrected chi connectivity index (χ4v) is 3.74. The van der Waals surface area contributed by atoms with Gasteiger partial charge < -0.3 is 4.74 Å². The number of unbranched alkanes of at least 4 members (excludes halogenated alkanes) is 6. The van der Waals surface area contributed by atoms with Crippen LogP contribution in [0.15, 0.2) is 24.3 Å². The van der Waals surface area contributed by atoms with E-state index in [0.29, 0.717) is 0 Å². The Hall–Kier alpha value is -1.31. The smallest absolute Gasteiger partial charge is 0.309 e. The molecule has 0 amide bonds. The predicted octanol–water partition coefficient (Wildman–Crippen LogP) is 6.77. The molecule has 1 aromatic rings. The summed E-state index contributed by atoms with van der Waals surface area (Å²) in [5, 5.41) is 0. The zero-order valence-corrected chi connectivity index (χ0v) is 16.3. The number of aryl methyl sites for hydroxylation is 1. The molecule has 0 bridgehead atoms. The van der Waals surface area contributed by atoms with Gasteiger partial charge >= 0.3 is 5.97 Å². The van der Waals surface area contributed by atoms with Gasteiger partial charge in [-0.15, -0.1) is 0 Å². The minimum absolute atomic E-state index is 0.0207. The van der Waals surface area contributed by atoms with Crippen molar-refractivity contribution in [2.45, 2.75) is 97.0 Å². The topological polar surface area (TPSA) is 26.3 Å². The zero-order chi connectivity index (χ0) is 17.9. The molecule has 25 heavy (non-hydrogen) atoms. The summed E-state index contributed by atoms with van der Waals surface area (Å²) in [5.74, 6) is 0.151. The van der Waals surface area contributed by atoms with E-state index in [-0.39, 0.29) is 18.0 Å². The lowest BCUT2D eigenvalue weighted by Crippen LogP contribution is -2.26. The fraction of sp³-hybridized carbons (Fsp3) is 0.696. The van der Waals surface area contributed by atoms with E-state index in [1.165, 1.54) is 50.5 Å². The normalized spacial score (nSPS) is 20.5. The van der Waals surface area contributed by atoms with Gasteiger partial charge in [0.2, 0.25) is 0 Å². The minimum atomic E-state index is -0.0338. The van der Waals surface area contributed by atoms with Crippen LogP contribution in [-0.2, 0) is 16.0 Å². The SMILES string of the molecule is CCCCCCCc1ccc(C2CCC(CCCCC)C(=O)O2)cc1. The van der Waals surface area contributed by atoms with Crippen LogP contribution in [0.4, 0.5) is 0 Å². The molecule has 0 aromatic heterocycles. The summed E-state index contributed by atoms with van der Waals surface area (Å²) in [6.07, 6.45) is 14.2. The van der Waals surface area contributed by atoms with E-state index in [4.69, 9.17) is 4.74 Å². The number of cyclic esters (lactones) is 1. The Labute approximate surface area is 154 Å². The molecular formula is C23H36O2. The second kappa shape index (κ2) is 11.3. The van der Waals surface area contributed by atoms with Crippen molar-refractivity contribution in [3.05, 3.63) is 35.4 Å². The van der Waals surface area contributed by atoms with Crippen LogP contribution in [0.1, 0.15) is 102 Å². The summed E-state index contributed by atoms with van der Waals surface area (Å²) in [7, 11) is 0. The highest BCUT2D eigenvalue weighted by atomic mass is 16.5. The van der Waals surface area contributed by atoms with Crippen LogP contribution in [0.3, 0.4) is 0 Å². The van der Waals surface area contributed by atoms with Crippen LogP contribution in [0.5, 0.6) is 0 Å². The van der Waals surface area contributed by atoms with Gasteiger partial charge in [0.25, 0.3) is 0 Å². The lowest BCUT2D eigenvalue weighted by atomic mass is 9.90. The number of ether oxygens (including phenoxy) is 1. The third-order valence-corrected chi connectivity index (χ3v) is 5.45. The summed E-state index contributed by atoms with van der Waals surface area (Å²) in [6.45, 7) is 4.45. The number of carbonyl (C=O) groups is 1. The quantitative estimate of drug-likeness (QED) is 0.327. The standard InChI is InChI=1S/C23H36O2/c1-3-5-7-8-10-11-19-13-15-20(16-14-19)22-18-17-21(23(24)25-22)12-9-6-4-2/h13-16,21-22H,3-12,17-18H2,1-2H3. The van der Waals surface area contributed by atoms with Gasteiger partial charge in [-0.3, -0.25) is 4.79 Å². The van der Waals surface area contributed by atoms with Gasteiger partial charge in [-0.1, -0.05) is 83.1 Å². The van der Waals surface area contributed by atoms with Crippen molar-refractivity contribution in [2.24, 2.45) is 5.92 Å². The van der Waals surface area contributed by atoms with Crippen molar-refractivity contribution in [3.63, 3.8) is 0 Å².